The molecule has 1 saturated heterocycles. The monoisotopic (exact) mass is 327 g/mol. The molecule has 23 heavy (non-hydrogen) atoms. The molecule has 1 aliphatic heterocycles. The van der Waals surface area contributed by atoms with E-state index in [0.717, 1.165) is 11.4 Å². The Hall–Kier alpha value is -2.47. The molecule has 6 heteroatoms. The van der Waals surface area contributed by atoms with Crippen LogP contribution in [0.5, 0.6) is 0 Å². The summed E-state index contributed by atoms with van der Waals surface area (Å²) >= 11 is 1.53. The summed E-state index contributed by atoms with van der Waals surface area (Å²) < 4.78 is 0. The Morgan fingerprint density at radius 1 is 1.00 bits per heavy atom. The highest BCUT2D eigenvalue weighted by Gasteiger charge is 2.22. The molecular formula is C17H17N3O2S. The molecule has 0 radical (unpaired) electrons. The van der Waals surface area contributed by atoms with Crippen LogP contribution in [0, 0.1) is 0 Å². The van der Waals surface area contributed by atoms with Gasteiger partial charge in [0, 0.05) is 17.1 Å². The summed E-state index contributed by atoms with van der Waals surface area (Å²) in [6, 6.07) is 17.4. The number of hydrogen-bond acceptors (Lipinski definition) is 4. The number of thioether (sulfide) groups is 1. The van der Waals surface area contributed by atoms with Gasteiger partial charge in [0.25, 0.3) is 0 Å². The van der Waals surface area contributed by atoms with Gasteiger partial charge in [-0.3, -0.25) is 9.59 Å². The number of carbonyl (C=O) groups excluding carboxylic acids is 2. The number of benzene rings is 2. The van der Waals surface area contributed by atoms with Crippen LogP contribution in [0.4, 0.5) is 17.1 Å². The number of nitrogens with one attached hydrogen (secondary N) is 2. The largest absolute Gasteiger partial charge is 0.356 e. The lowest BCUT2D eigenvalue weighted by Crippen LogP contribution is -2.34. The fourth-order valence-electron chi connectivity index (χ4n) is 2.24. The van der Waals surface area contributed by atoms with Gasteiger partial charge in [-0.15, -0.1) is 11.8 Å². The molecular weight excluding hydrogens is 310 g/mol. The van der Waals surface area contributed by atoms with Crippen molar-refractivity contribution < 1.29 is 9.59 Å². The molecule has 2 N–H and O–H groups in total. The van der Waals surface area contributed by atoms with Gasteiger partial charge in [-0.2, -0.15) is 0 Å². The molecule has 1 fully saturated rings. The Morgan fingerprint density at radius 2 is 1.65 bits per heavy atom. The van der Waals surface area contributed by atoms with Crippen LogP contribution in [-0.4, -0.2) is 34.9 Å². The third-order valence-corrected chi connectivity index (χ3v) is 4.34. The summed E-state index contributed by atoms with van der Waals surface area (Å²) in [5.74, 6) is 0.899. The Balaban J connectivity index is 1.55. The van der Waals surface area contributed by atoms with Crippen LogP contribution in [0.1, 0.15) is 0 Å². The van der Waals surface area contributed by atoms with Crippen LogP contribution in [0.25, 0.3) is 0 Å². The molecule has 2 aromatic carbocycles. The van der Waals surface area contributed by atoms with Crippen molar-refractivity contribution >= 4 is 40.6 Å². The molecule has 1 heterocycles. The van der Waals surface area contributed by atoms with E-state index in [2.05, 4.69) is 10.6 Å². The molecule has 0 spiro atoms. The third kappa shape index (κ3) is 4.26. The second-order valence-corrected chi connectivity index (χ2v) is 6.14. The lowest BCUT2D eigenvalue weighted by Gasteiger charge is -2.14. The van der Waals surface area contributed by atoms with E-state index in [0.29, 0.717) is 17.3 Å². The molecule has 0 aromatic heterocycles. The minimum atomic E-state index is -0.176. The van der Waals surface area contributed by atoms with Crippen LogP contribution in [0.2, 0.25) is 0 Å². The van der Waals surface area contributed by atoms with Gasteiger partial charge in [0.05, 0.1) is 11.6 Å². The molecule has 118 valence electrons. The molecule has 0 saturated carbocycles. The van der Waals surface area contributed by atoms with Crippen molar-refractivity contribution in [3.8, 4) is 0 Å². The van der Waals surface area contributed by atoms with Crippen molar-refractivity contribution in [1.82, 2.24) is 4.90 Å². The molecule has 0 bridgehead atoms. The standard InChI is InChI=1S/C17H17N3O2S/c21-16(10-20-12-23-11-17(20)22)19-15-8-6-14(7-9-15)18-13-4-2-1-3-5-13/h1-9,18H,10-12H2,(H,19,21). The topological polar surface area (TPSA) is 61.4 Å². The number of para-hydroxylation sites is 1. The van der Waals surface area contributed by atoms with Gasteiger partial charge in [-0.1, -0.05) is 18.2 Å². The minimum absolute atomic E-state index is 0.0209. The van der Waals surface area contributed by atoms with Gasteiger partial charge < -0.3 is 15.5 Å². The summed E-state index contributed by atoms with van der Waals surface area (Å²) in [6.45, 7) is 0.107. The van der Waals surface area contributed by atoms with E-state index < -0.39 is 0 Å². The highest BCUT2D eigenvalue weighted by atomic mass is 32.2. The van der Waals surface area contributed by atoms with Gasteiger partial charge in [0.15, 0.2) is 0 Å². The van der Waals surface area contributed by atoms with Gasteiger partial charge in [0.2, 0.25) is 11.8 Å². The average Bonchev–Trinajstić information content (AvgIpc) is 2.95. The van der Waals surface area contributed by atoms with E-state index in [4.69, 9.17) is 0 Å². The van der Waals surface area contributed by atoms with Crippen molar-refractivity contribution in [1.29, 1.82) is 0 Å². The summed E-state index contributed by atoms with van der Waals surface area (Å²) in [7, 11) is 0. The van der Waals surface area contributed by atoms with E-state index in [9.17, 15) is 9.59 Å². The van der Waals surface area contributed by atoms with Crippen molar-refractivity contribution in [2.75, 3.05) is 28.8 Å². The SMILES string of the molecule is O=C(CN1CSCC1=O)Nc1ccc(Nc2ccccc2)cc1. The maximum Gasteiger partial charge on any atom is 0.244 e. The Bertz CT molecular complexity index is 689. The summed E-state index contributed by atoms with van der Waals surface area (Å²) in [4.78, 5) is 25.0. The molecule has 0 aliphatic carbocycles. The first-order chi connectivity index (χ1) is 11.2. The fourth-order valence-corrected chi connectivity index (χ4v) is 3.14. The summed E-state index contributed by atoms with van der Waals surface area (Å²) in [5, 5.41) is 6.09. The van der Waals surface area contributed by atoms with Gasteiger partial charge >= 0.3 is 0 Å². The van der Waals surface area contributed by atoms with Crippen molar-refractivity contribution in [2.24, 2.45) is 0 Å². The second kappa shape index (κ2) is 7.19. The zero-order chi connectivity index (χ0) is 16.1. The Morgan fingerprint density at radius 3 is 2.30 bits per heavy atom. The normalized spacial score (nSPS) is 13.9. The van der Waals surface area contributed by atoms with Crippen LogP contribution in [0.3, 0.4) is 0 Å². The lowest BCUT2D eigenvalue weighted by molar-refractivity contribution is -0.130. The molecule has 1 aliphatic rings. The maximum atomic E-state index is 12.0. The van der Waals surface area contributed by atoms with E-state index in [1.165, 1.54) is 11.8 Å². The minimum Gasteiger partial charge on any atom is -0.356 e. The maximum absolute atomic E-state index is 12.0. The van der Waals surface area contributed by atoms with E-state index in [1.54, 1.807) is 4.90 Å². The lowest BCUT2D eigenvalue weighted by atomic mass is 10.2. The molecule has 0 unspecified atom stereocenters. The first kappa shape index (κ1) is 15.4. The van der Waals surface area contributed by atoms with Crippen molar-refractivity contribution in [3.63, 3.8) is 0 Å². The van der Waals surface area contributed by atoms with Crippen LogP contribution >= 0.6 is 11.8 Å². The first-order valence-corrected chi connectivity index (χ1v) is 8.44. The van der Waals surface area contributed by atoms with E-state index in [1.807, 2.05) is 54.6 Å². The number of carbonyl (C=O) groups is 2. The summed E-state index contributed by atoms with van der Waals surface area (Å²) in [6.07, 6.45) is 0. The number of rotatable bonds is 5. The fraction of sp³-hybridized carbons (Fsp3) is 0.176. The van der Waals surface area contributed by atoms with Crippen LogP contribution in [0.15, 0.2) is 54.6 Å². The zero-order valence-corrected chi connectivity index (χ0v) is 13.3. The highest BCUT2D eigenvalue weighted by molar-refractivity contribution is 8.00. The Labute approximate surface area is 139 Å². The van der Waals surface area contributed by atoms with Gasteiger partial charge in [-0.05, 0) is 36.4 Å². The number of hydrogen-bond donors (Lipinski definition) is 2. The molecule has 0 atom stereocenters. The van der Waals surface area contributed by atoms with Crippen molar-refractivity contribution in [2.45, 2.75) is 0 Å². The zero-order valence-electron chi connectivity index (χ0n) is 12.5. The third-order valence-electron chi connectivity index (χ3n) is 3.39. The Kier molecular flexibility index (Phi) is 4.83. The van der Waals surface area contributed by atoms with Gasteiger partial charge in [0.1, 0.15) is 6.54 Å². The smallest absolute Gasteiger partial charge is 0.244 e. The predicted molar refractivity (Wildman–Crippen MR) is 93.8 cm³/mol. The quantitative estimate of drug-likeness (QED) is 0.886. The van der Waals surface area contributed by atoms with Crippen LogP contribution in [-0.2, 0) is 9.59 Å². The number of amides is 2. The molecule has 5 nitrogen and oxygen atoms in total. The van der Waals surface area contributed by atoms with Gasteiger partial charge in [-0.25, -0.2) is 0 Å². The highest BCUT2D eigenvalue weighted by Crippen LogP contribution is 2.19. The molecule has 2 aromatic rings. The van der Waals surface area contributed by atoms with E-state index in [-0.39, 0.29) is 18.4 Å². The summed E-state index contributed by atoms with van der Waals surface area (Å²) in [5.41, 5.74) is 2.67. The molecule has 3 rings (SSSR count). The van der Waals surface area contributed by atoms with E-state index >= 15 is 0 Å². The predicted octanol–water partition coefficient (Wildman–Crippen LogP) is 2.90. The second-order valence-electron chi connectivity index (χ2n) is 5.19. The molecule has 2 amide bonds. The number of nitrogens with zero attached hydrogens (tertiary/aromatic N) is 1. The number of anilines is 3. The van der Waals surface area contributed by atoms with Crippen LogP contribution < -0.4 is 10.6 Å². The van der Waals surface area contributed by atoms with Crippen molar-refractivity contribution in [3.05, 3.63) is 54.6 Å². The first-order valence-electron chi connectivity index (χ1n) is 7.28. The average molecular weight is 327 g/mol.